The predicted molar refractivity (Wildman–Crippen MR) is 104 cm³/mol. The van der Waals surface area contributed by atoms with Gasteiger partial charge in [-0.1, -0.05) is 35.9 Å². The van der Waals surface area contributed by atoms with Gasteiger partial charge in [0, 0.05) is 16.9 Å². The van der Waals surface area contributed by atoms with E-state index in [1.54, 1.807) is 4.68 Å². The molecule has 3 rings (SSSR count). The van der Waals surface area contributed by atoms with Crippen LogP contribution in [-0.2, 0) is 6.54 Å². The SMILES string of the molecule is Cc1cccc(NC(=O)Nc2nn(Cc3ccc(Cl)cc3)cc2Br)c1. The first-order chi connectivity index (χ1) is 12.0. The van der Waals surface area contributed by atoms with Crippen LogP contribution in [0.4, 0.5) is 16.3 Å². The van der Waals surface area contributed by atoms with Gasteiger partial charge < -0.3 is 5.32 Å². The zero-order valence-corrected chi connectivity index (χ0v) is 15.8. The van der Waals surface area contributed by atoms with E-state index in [-0.39, 0.29) is 6.03 Å². The van der Waals surface area contributed by atoms with E-state index in [1.807, 2.05) is 61.7 Å². The Hall–Kier alpha value is -2.31. The molecular weight excluding hydrogens is 404 g/mol. The van der Waals surface area contributed by atoms with Gasteiger partial charge in [0.05, 0.1) is 11.0 Å². The Morgan fingerprint density at radius 3 is 2.68 bits per heavy atom. The fraction of sp³-hybridized carbons (Fsp3) is 0.111. The quantitative estimate of drug-likeness (QED) is 0.603. The van der Waals surface area contributed by atoms with Crippen LogP contribution in [0.5, 0.6) is 0 Å². The van der Waals surface area contributed by atoms with Gasteiger partial charge in [0.1, 0.15) is 0 Å². The van der Waals surface area contributed by atoms with E-state index in [0.717, 1.165) is 16.8 Å². The molecule has 3 aromatic rings. The van der Waals surface area contributed by atoms with Crippen LogP contribution in [0.2, 0.25) is 5.02 Å². The minimum absolute atomic E-state index is 0.344. The average molecular weight is 420 g/mol. The second kappa shape index (κ2) is 7.72. The first kappa shape index (κ1) is 17.5. The number of aryl methyl sites for hydroxylation is 1. The largest absolute Gasteiger partial charge is 0.324 e. The summed E-state index contributed by atoms with van der Waals surface area (Å²) in [6, 6.07) is 14.8. The monoisotopic (exact) mass is 418 g/mol. The van der Waals surface area contributed by atoms with Crippen molar-refractivity contribution in [1.29, 1.82) is 0 Å². The lowest BCUT2D eigenvalue weighted by Crippen LogP contribution is -2.20. The van der Waals surface area contributed by atoms with Gasteiger partial charge in [0.2, 0.25) is 0 Å². The predicted octanol–water partition coefficient (Wildman–Crippen LogP) is 5.30. The zero-order valence-electron chi connectivity index (χ0n) is 13.5. The number of hydrogen-bond donors (Lipinski definition) is 2. The Bertz CT molecular complexity index is 892. The highest BCUT2D eigenvalue weighted by molar-refractivity contribution is 9.10. The molecule has 1 heterocycles. The Morgan fingerprint density at radius 1 is 1.20 bits per heavy atom. The summed E-state index contributed by atoms with van der Waals surface area (Å²) in [6.07, 6.45) is 1.82. The van der Waals surface area contributed by atoms with E-state index in [9.17, 15) is 4.79 Å². The fourth-order valence-electron chi connectivity index (χ4n) is 2.33. The van der Waals surface area contributed by atoms with Crippen LogP contribution in [0.15, 0.2) is 59.2 Å². The number of nitrogens with one attached hydrogen (secondary N) is 2. The maximum Gasteiger partial charge on any atom is 0.324 e. The highest BCUT2D eigenvalue weighted by Gasteiger charge is 2.11. The van der Waals surface area contributed by atoms with Gasteiger partial charge in [-0.15, -0.1) is 0 Å². The molecule has 0 radical (unpaired) electrons. The molecule has 0 aliphatic rings. The number of amides is 2. The molecular formula is C18H16BrClN4O. The Balaban J connectivity index is 1.65. The van der Waals surface area contributed by atoms with Crippen molar-refractivity contribution < 1.29 is 4.79 Å². The molecule has 0 fully saturated rings. The summed E-state index contributed by atoms with van der Waals surface area (Å²) in [7, 11) is 0. The van der Waals surface area contributed by atoms with E-state index in [2.05, 4.69) is 31.7 Å². The van der Waals surface area contributed by atoms with Gasteiger partial charge >= 0.3 is 6.03 Å². The molecule has 0 unspecified atom stereocenters. The molecule has 1 aromatic heterocycles. The third kappa shape index (κ3) is 4.84. The van der Waals surface area contributed by atoms with Crippen molar-refractivity contribution in [3.8, 4) is 0 Å². The molecule has 0 spiro atoms. The van der Waals surface area contributed by atoms with Crippen molar-refractivity contribution >= 4 is 45.1 Å². The summed E-state index contributed by atoms with van der Waals surface area (Å²) in [4.78, 5) is 12.1. The van der Waals surface area contributed by atoms with Crippen LogP contribution in [-0.4, -0.2) is 15.8 Å². The van der Waals surface area contributed by atoms with Crippen LogP contribution in [0.1, 0.15) is 11.1 Å². The van der Waals surface area contributed by atoms with Gasteiger partial charge in [0.15, 0.2) is 5.82 Å². The first-order valence-electron chi connectivity index (χ1n) is 7.62. The van der Waals surface area contributed by atoms with Crippen LogP contribution >= 0.6 is 27.5 Å². The molecule has 0 aliphatic carbocycles. The number of rotatable bonds is 4. The van der Waals surface area contributed by atoms with Crippen molar-refractivity contribution in [1.82, 2.24) is 9.78 Å². The molecule has 0 aliphatic heterocycles. The normalized spacial score (nSPS) is 10.5. The van der Waals surface area contributed by atoms with Crippen LogP contribution in [0, 0.1) is 6.92 Å². The third-order valence-corrected chi connectivity index (χ3v) is 4.32. The smallest absolute Gasteiger partial charge is 0.308 e. The Kier molecular flexibility index (Phi) is 5.40. The maximum atomic E-state index is 12.1. The van der Waals surface area contributed by atoms with E-state index in [4.69, 9.17) is 11.6 Å². The molecule has 0 saturated heterocycles. The molecule has 7 heteroatoms. The number of hydrogen-bond acceptors (Lipinski definition) is 2. The molecule has 2 aromatic carbocycles. The standard InChI is InChI=1S/C18H16BrClN4O/c1-12-3-2-4-15(9-12)21-18(25)22-17-16(19)11-24(23-17)10-13-5-7-14(20)8-6-13/h2-9,11H,10H2,1H3,(H2,21,22,23,25). The summed E-state index contributed by atoms with van der Waals surface area (Å²) in [5, 5.41) is 10.6. The molecule has 0 saturated carbocycles. The van der Waals surface area contributed by atoms with Crippen molar-refractivity contribution in [3.63, 3.8) is 0 Å². The summed E-state index contributed by atoms with van der Waals surface area (Å²) < 4.78 is 2.45. The molecule has 0 bridgehead atoms. The lowest BCUT2D eigenvalue weighted by atomic mass is 10.2. The van der Waals surface area contributed by atoms with E-state index in [0.29, 0.717) is 21.9 Å². The van der Waals surface area contributed by atoms with E-state index >= 15 is 0 Å². The van der Waals surface area contributed by atoms with Crippen LogP contribution in [0.25, 0.3) is 0 Å². The number of carbonyl (C=O) groups is 1. The average Bonchev–Trinajstić information content (AvgIpc) is 2.89. The lowest BCUT2D eigenvalue weighted by Gasteiger charge is -2.06. The summed E-state index contributed by atoms with van der Waals surface area (Å²) in [5.74, 6) is 0.458. The molecule has 2 N–H and O–H groups in total. The minimum atomic E-state index is -0.344. The highest BCUT2D eigenvalue weighted by Crippen LogP contribution is 2.21. The minimum Gasteiger partial charge on any atom is -0.308 e. The fourth-order valence-corrected chi connectivity index (χ4v) is 2.87. The summed E-state index contributed by atoms with van der Waals surface area (Å²) >= 11 is 9.31. The van der Waals surface area contributed by atoms with E-state index in [1.165, 1.54) is 0 Å². The number of benzene rings is 2. The number of anilines is 2. The van der Waals surface area contributed by atoms with Crippen molar-refractivity contribution in [3.05, 3.63) is 75.4 Å². The van der Waals surface area contributed by atoms with E-state index < -0.39 is 0 Å². The maximum absolute atomic E-state index is 12.1. The van der Waals surface area contributed by atoms with Gasteiger partial charge in [-0.25, -0.2) is 4.79 Å². The summed E-state index contributed by atoms with van der Waals surface area (Å²) in [6.45, 7) is 2.55. The number of urea groups is 1. The molecule has 0 atom stereocenters. The third-order valence-electron chi connectivity index (χ3n) is 3.48. The van der Waals surface area contributed by atoms with Crippen molar-refractivity contribution in [2.45, 2.75) is 13.5 Å². The topological polar surface area (TPSA) is 59.0 Å². The number of aromatic nitrogens is 2. The zero-order chi connectivity index (χ0) is 17.8. The molecule has 128 valence electrons. The van der Waals surface area contributed by atoms with Crippen LogP contribution in [0.3, 0.4) is 0 Å². The van der Waals surface area contributed by atoms with Gasteiger partial charge in [0.25, 0.3) is 0 Å². The Morgan fingerprint density at radius 2 is 1.96 bits per heavy atom. The van der Waals surface area contributed by atoms with Gasteiger partial charge in [-0.05, 0) is 58.2 Å². The number of halogens is 2. The summed E-state index contributed by atoms with van der Waals surface area (Å²) in [5.41, 5.74) is 2.87. The van der Waals surface area contributed by atoms with Crippen molar-refractivity contribution in [2.75, 3.05) is 10.6 Å². The number of carbonyl (C=O) groups excluding carboxylic acids is 1. The Labute approximate surface area is 159 Å². The molecule has 2 amide bonds. The first-order valence-corrected chi connectivity index (χ1v) is 8.79. The second-order valence-corrected chi connectivity index (χ2v) is 6.89. The van der Waals surface area contributed by atoms with Gasteiger partial charge in [-0.3, -0.25) is 10.00 Å². The van der Waals surface area contributed by atoms with Crippen LogP contribution < -0.4 is 10.6 Å². The lowest BCUT2D eigenvalue weighted by molar-refractivity contribution is 0.262. The second-order valence-electron chi connectivity index (χ2n) is 5.60. The number of nitrogens with zero attached hydrogens (tertiary/aromatic N) is 2. The van der Waals surface area contributed by atoms with Crippen molar-refractivity contribution in [2.24, 2.45) is 0 Å². The molecule has 5 nitrogen and oxygen atoms in total. The highest BCUT2D eigenvalue weighted by atomic mass is 79.9. The van der Waals surface area contributed by atoms with Gasteiger partial charge in [-0.2, -0.15) is 5.10 Å². The molecule has 25 heavy (non-hydrogen) atoms.